The largest absolute Gasteiger partial charge is 0.497 e. The highest BCUT2D eigenvalue weighted by atomic mass is 35.5. The van der Waals surface area contributed by atoms with Crippen molar-refractivity contribution in [1.82, 2.24) is 10.2 Å². The average Bonchev–Trinajstić information content (AvgIpc) is 3.49. The summed E-state index contributed by atoms with van der Waals surface area (Å²) in [6.07, 6.45) is 4.20. The van der Waals surface area contributed by atoms with E-state index in [1.54, 1.807) is 42.5 Å². The number of benzene rings is 3. The molecule has 1 saturated carbocycles. The predicted octanol–water partition coefficient (Wildman–Crippen LogP) is 6.06. The van der Waals surface area contributed by atoms with Gasteiger partial charge in [-0.15, -0.1) is 0 Å². The van der Waals surface area contributed by atoms with Crippen LogP contribution in [0.25, 0.3) is 0 Å². The summed E-state index contributed by atoms with van der Waals surface area (Å²) in [4.78, 5) is 29.1. The van der Waals surface area contributed by atoms with Crippen LogP contribution in [0.4, 0.5) is 5.69 Å². The fraction of sp³-hybridized carbons (Fsp3) is 0.355. The van der Waals surface area contributed by atoms with E-state index >= 15 is 0 Å². The van der Waals surface area contributed by atoms with E-state index in [9.17, 15) is 18.0 Å². The number of nitrogens with one attached hydrogen (secondary N) is 1. The maximum absolute atomic E-state index is 14.2. The van der Waals surface area contributed by atoms with Crippen LogP contribution in [0.5, 0.6) is 5.75 Å². The number of hydrogen-bond acceptors (Lipinski definition) is 5. The van der Waals surface area contributed by atoms with Crippen LogP contribution in [-0.4, -0.2) is 50.9 Å². The first-order valence-electron chi connectivity index (χ1n) is 13.9. The molecule has 1 N–H and O–H groups in total. The summed E-state index contributed by atoms with van der Waals surface area (Å²) in [7, 11) is -2.74. The van der Waals surface area contributed by atoms with Crippen LogP contribution in [0.15, 0.2) is 77.7 Å². The number of carbonyl (C=O) groups excluding carboxylic acids is 2. The van der Waals surface area contributed by atoms with Gasteiger partial charge in [0.05, 0.1) is 17.7 Å². The molecule has 1 atom stereocenters. The molecule has 2 amide bonds. The molecule has 1 fully saturated rings. The van der Waals surface area contributed by atoms with E-state index in [0.717, 1.165) is 30.0 Å². The Kier molecular flexibility index (Phi) is 10.8. The van der Waals surface area contributed by atoms with Crippen molar-refractivity contribution in [2.75, 3.05) is 18.0 Å². The third-order valence-corrected chi connectivity index (χ3v) is 9.80. The number of anilines is 1. The predicted molar refractivity (Wildman–Crippen MR) is 165 cm³/mol. The number of rotatable bonds is 12. The molecular formula is C31H35Cl2N3O5S. The minimum Gasteiger partial charge on any atom is -0.497 e. The molecule has 0 spiro atoms. The zero-order chi connectivity index (χ0) is 30.3. The molecule has 224 valence electrons. The lowest BCUT2D eigenvalue weighted by Gasteiger charge is -2.34. The maximum Gasteiger partial charge on any atom is 0.264 e. The summed E-state index contributed by atoms with van der Waals surface area (Å²) in [5.41, 5.74) is 0.861. The fourth-order valence-corrected chi connectivity index (χ4v) is 6.92. The molecule has 1 aliphatic carbocycles. The first-order valence-corrected chi connectivity index (χ1v) is 16.1. The standard InChI is InChI=1S/C31H35Cl2N3O5S/c1-3-29(31(38)34-24-11-5-6-12-24)35(20-22-9-4-7-14-28(22)33)30(37)21-36(25-13-8-10-23(32)19-25)42(39,40)27-17-15-26(41-2)16-18-27/h4,7-10,13-19,24,29H,3,5-6,11-12,20-21H2,1-2H3,(H,34,38)/t29-/m0/s1. The number of nitrogens with zero attached hydrogens (tertiary/aromatic N) is 2. The van der Waals surface area contributed by atoms with Gasteiger partial charge < -0.3 is 15.0 Å². The monoisotopic (exact) mass is 631 g/mol. The van der Waals surface area contributed by atoms with Gasteiger partial charge in [-0.25, -0.2) is 8.42 Å². The fourth-order valence-electron chi connectivity index (χ4n) is 5.13. The summed E-state index contributed by atoms with van der Waals surface area (Å²) >= 11 is 12.7. The molecule has 4 rings (SSSR count). The van der Waals surface area contributed by atoms with Gasteiger partial charge in [-0.3, -0.25) is 13.9 Å². The smallest absolute Gasteiger partial charge is 0.264 e. The van der Waals surface area contributed by atoms with Crippen molar-refractivity contribution >= 4 is 50.7 Å². The van der Waals surface area contributed by atoms with E-state index < -0.39 is 28.5 Å². The van der Waals surface area contributed by atoms with Crippen LogP contribution < -0.4 is 14.4 Å². The molecule has 0 bridgehead atoms. The van der Waals surface area contributed by atoms with Crippen LogP contribution in [0.3, 0.4) is 0 Å². The topological polar surface area (TPSA) is 96.0 Å². The van der Waals surface area contributed by atoms with Crippen LogP contribution in [0.2, 0.25) is 10.0 Å². The Morgan fingerprint density at radius 1 is 1.00 bits per heavy atom. The molecule has 0 aliphatic heterocycles. The molecule has 0 radical (unpaired) electrons. The van der Waals surface area contributed by atoms with E-state index in [2.05, 4.69) is 5.32 Å². The molecule has 3 aromatic rings. The number of carbonyl (C=O) groups is 2. The van der Waals surface area contributed by atoms with E-state index in [1.807, 2.05) is 6.92 Å². The second-order valence-electron chi connectivity index (χ2n) is 10.2. The van der Waals surface area contributed by atoms with Gasteiger partial charge >= 0.3 is 0 Å². The highest BCUT2D eigenvalue weighted by Crippen LogP contribution is 2.28. The van der Waals surface area contributed by atoms with Crippen molar-refractivity contribution in [3.8, 4) is 5.75 Å². The van der Waals surface area contributed by atoms with Crippen molar-refractivity contribution in [3.63, 3.8) is 0 Å². The lowest BCUT2D eigenvalue weighted by atomic mass is 10.1. The molecule has 11 heteroatoms. The Labute approximate surface area is 257 Å². The Bertz CT molecular complexity index is 1490. The molecule has 8 nitrogen and oxygen atoms in total. The van der Waals surface area contributed by atoms with E-state index in [-0.39, 0.29) is 29.1 Å². The Morgan fingerprint density at radius 2 is 1.69 bits per heavy atom. The van der Waals surface area contributed by atoms with Crippen LogP contribution >= 0.6 is 23.2 Å². The van der Waals surface area contributed by atoms with Gasteiger partial charge in [-0.2, -0.15) is 0 Å². The van der Waals surface area contributed by atoms with Gasteiger partial charge in [0.2, 0.25) is 11.8 Å². The number of sulfonamides is 1. The van der Waals surface area contributed by atoms with Gasteiger partial charge in [0, 0.05) is 22.6 Å². The van der Waals surface area contributed by atoms with Crippen molar-refractivity contribution in [3.05, 3.63) is 88.4 Å². The Morgan fingerprint density at radius 3 is 2.31 bits per heavy atom. The first kappa shape index (κ1) is 31.7. The summed E-state index contributed by atoms with van der Waals surface area (Å²) in [6.45, 7) is 1.29. The average molecular weight is 633 g/mol. The lowest BCUT2D eigenvalue weighted by molar-refractivity contribution is -0.140. The quantitative estimate of drug-likeness (QED) is 0.262. The van der Waals surface area contributed by atoms with Gasteiger partial charge in [-0.1, -0.05) is 67.2 Å². The molecule has 0 saturated heterocycles. The highest BCUT2D eigenvalue weighted by molar-refractivity contribution is 7.92. The lowest BCUT2D eigenvalue weighted by Crippen LogP contribution is -2.53. The van der Waals surface area contributed by atoms with Gasteiger partial charge in [0.15, 0.2) is 0 Å². The Balaban J connectivity index is 1.72. The molecule has 1 aliphatic rings. The van der Waals surface area contributed by atoms with Gasteiger partial charge in [0.1, 0.15) is 18.3 Å². The molecule has 0 heterocycles. The molecule has 3 aromatic carbocycles. The second kappa shape index (κ2) is 14.3. The first-order chi connectivity index (χ1) is 20.1. The zero-order valence-electron chi connectivity index (χ0n) is 23.6. The summed E-state index contributed by atoms with van der Waals surface area (Å²) < 4.78 is 34.2. The van der Waals surface area contributed by atoms with Crippen molar-refractivity contribution in [2.45, 2.75) is 62.6 Å². The zero-order valence-corrected chi connectivity index (χ0v) is 26.0. The third-order valence-electron chi connectivity index (χ3n) is 7.41. The van der Waals surface area contributed by atoms with E-state index in [4.69, 9.17) is 27.9 Å². The molecule has 42 heavy (non-hydrogen) atoms. The summed E-state index contributed by atoms with van der Waals surface area (Å²) in [5.74, 6) is -0.332. The Hall–Kier alpha value is -3.27. The minimum absolute atomic E-state index is 0.0280. The van der Waals surface area contributed by atoms with Gasteiger partial charge in [0.25, 0.3) is 10.0 Å². The molecule has 0 aromatic heterocycles. The van der Waals surface area contributed by atoms with E-state index in [1.165, 1.54) is 42.3 Å². The van der Waals surface area contributed by atoms with Crippen LogP contribution in [0, 0.1) is 0 Å². The van der Waals surface area contributed by atoms with Crippen LogP contribution in [-0.2, 0) is 26.2 Å². The normalized spacial score (nSPS) is 14.3. The second-order valence-corrected chi connectivity index (χ2v) is 12.9. The third kappa shape index (κ3) is 7.56. The van der Waals surface area contributed by atoms with Crippen molar-refractivity contribution in [2.24, 2.45) is 0 Å². The summed E-state index contributed by atoms with van der Waals surface area (Å²) in [6, 6.07) is 18.5. The van der Waals surface area contributed by atoms with Crippen LogP contribution in [0.1, 0.15) is 44.6 Å². The maximum atomic E-state index is 14.2. The number of hydrogen-bond donors (Lipinski definition) is 1. The van der Waals surface area contributed by atoms with Crippen molar-refractivity contribution in [1.29, 1.82) is 0 Å². The SMILES string of the molecule is CC[C@@H](C(=O)NC1CCCC1)N(Cc1ccccc1Cl)C(=O)CN(c1cccc(Cl)c1)S(=O)(=O)c1ccc(OC)cc1. The number of ether oxygens (including phenoxy) is 1. The number of amides is 2. The minimum atomic E-state index is -4.23. The highest BCUT2D eigenvalue weighted by Gasteiger charge is 2.35. The number of methoxy groups -OCH3 is 1. The van der Waals surface area contributed by atoms with Gasteiger partial charge in [-0.05, 0) is 73.4 Å². The molecular weight excluding hydrogens is 597 g/mol. The van der Waals surface area contributed by atoms with Crippen molar-refractivity contribution < 1.29 is 22.7 Å². The summed E-state index contributed by atoms with van der Waals surface area (Å²) in [5, 5.41) is 3.85. The molecule has 0 unspecified atom stereocenters. The number of halogens is 2. The van der Waals surface area contributed by atoms with E-state index in [0.29, 0.717) is 27.8 Å².